The van der Waals surface area contributed by atoms with Crippen molar-refractivity contribution in [2.45, 2.75) is 6.92 Å². The summed E-state index contributed by atoms with van der Waals surface area (Å²) in [5, 5.41) is 0.519. The Morgan fingerprint density at radius 2 is 2.10 bits per heavy atom. The van der Waals surface area contributed by atoms with Crippen LogP contribution in [0.4, 0.5) is 0 Å². The van der Waals surface area contributed by atoms with Crippen LogP contribution < -0.4 is 5.56 Å². The number of aryl methyl sites for hydroxylation is 1. The van der Waals surface area contributed by atoms with Crippen molar-refractivity contribution in [3.05, 3.63) is 63.8 Å². The zero-order valence-corrected chi connectivity index (χ0v) is 11.7. The van der Waals surface area contributed by atoms with Crippen LogP contribution in [0, 0.1) is 6.92 Å². The summed E-state index contributed by atoms with van der Waals surface area (Å²) in [4.78, 5) is 25.8. The molecule has 0 unspecified atom stereocenters. The minimum absolute atomic E-state index is 0.105. The van der Waals surface area contributed by atoms with E-state index in [9.17, 15) is 4.79 Å². The van der Waals surface area contributed by atoms with E-state index in [0.717, 1.165) is 22.5 Å². The summed E-state index contributed by atoms with van der Waals surface area (Å²) in [5.41, 5.74) is 3.99. The van der Waals surface area contributed by atoms with Crippen LogP contribution in [0.2, 0.25) is 0 Å². The molecule has 0 N–H and O–H groups in total. The first-order valence-electron chi connectivity index (χ1n) is 6.67. The smallest absolute Gasteiger partial charge is 0.267 e. The van der Waals surface area contributed by atoms with Gasteiger partial charge in [-0.15, -0.1) is 0 Å². The number of rotatable bonds is 0. The maximum atomic E-state index is 12.8. The molecular formula is C16H12N4O. The SMILES string of the molecule is CN=C1c2cc(C)ccc2-n2c1nc1ncccc1c2=O. The molecule has 1 aliphatic rings. The van der Waals surface area contributed by atoms with Crippen molar-refractivity contribution < 1.29 is 0 Å². The minimum atomic E-state index is -0.105. The summed E-state index contributed by atoms with van der Waals surface area (Å²) < 4.78 is 1.63. The van der Waals surface area contributed by atoms with E-state index in [1.165, 1.54) is 0 Å². The molecule has 0 saturated carbocycles. The first-order chi connectivity index (χ1) is 10.2. The summed E-state index contributed by atoms with van der Waals surface area (Å²) in [5.74, 6) is 0.564. The molecule has 3 aromatic rings. The standard InChI is InChI=1S/C16H12N4O/c1-9-5-6-12-11(8-9)13(17-2)15-19-14-10(4-3-7-18-14)16(21)20(12)15/h3-8H,1-2H3. The minimum Gasteiger partial charge on any atom is -0.284 e. The zero-order valence-electron chi connectivity index (χ0n) is 11.7. The van der Waals surface area contributed by atoms with E-state index >= 15 is 0 Å². The van der Waals surface area contributed by atoms with E-state index in [2.05, 4.69) is 15.0 Å². The fourth-order valence-corrected chi connectivity index (χ4v) is 2.78. The summed E-state index contributed by atoms with van der Waals surface area (Å²) in [6, 6.07) is 9.46. The Bertz CT molecular complexity index is 985. The normalized spacial score (nSPS) is 14.5. The van der Waals surface area contributed by atoms with Crippen LogP contribution in [0.5, 0.6) is 0 Å². The molecule has 0 radical (unpaired) electrons. The third-order valence-corrected chi connectivity index (χ3v) is 3.73. The lowest BCUT2D eigenvalue weighted by molar-refractivity contribution is 0.958. The second kappa shape index (κ2) is 4.09. The van der Waals surface area contributed by atoms with Crippen molar-refractivity contribution in [2.24, 2.45) is 4.99 Å². The average molecular weight is 276 g/mol. The number of hydrogen-bond donors (Lipinski definition) is 0. The Morgan fingerprint density at radius 3 is 2.90 bits per heavy atom. The highest BCUT2D eigenvalue weighted by Gasteiger charge is 2.28. The summed E-state index contributed by atoms with van der Waals surface area (Å²) in [7, 11) is 1.71. The van der Waals surface area contributed by atoms with Crippen LogP contribution >= 0.6 is 0 Å². The van der Waals surface area contributed by atoms with Crippen LogP contribution in [-0.2, 0) is 0 Å². The molecule has 0 fully saturated rings. The lowest BCUT2D eigenvalue weighted by atomic mass is 10.1. The van der Waals surface area contributed by atoms with Crippen LogP contribution in [0.1, 0.15) is 17.0 Å². The number of aromatic nitrogens is 3. The van der Waals surface area contributed by atoms with Crippen molar-refractivity contribution in [1.82, 2.24) is 14.5 Å². The predicted octanol–water partition coefficient (Wildman–Crippen LogP) is 1.87. The molecule has 0 atom stereocenters. The molecule has 5 nitrogen and oxygen atoms in total. The van der Waals surface area contributed by atoms with Gasteiger partial charge in [0.25, 0.3) is 5.56 Å². The monoisotopic (exact) mass is 276 g/mol. The van der Waals surface area contributed by atoms with E-state index in [4.69, 9.17) is 0 Å². The second-order valence-corrected chi connectivity index (χ2v) is 5.04. The maximum Gasteiger partial charge on any atom is 0.267 e. The van der Waals surface area contributed by atoms with Gasteiger partial charge in [-0.1, -0.05) is 11.6 Å². The van der Waals surface area contributed by atoms with Crippen LogP contribution in [0.15, 0.2) is 46.3 Å². The molecule has 1 aromatic carbocycles. The van der Waals surface area contributed by atoms with Crippen LogP contribution in [0.25, 0.3) is 16.7 Å². The first-order valence-corrected chi connectivity index (χ1v) is 6.67. The summed E-state index contributed by atoms with van der Waals surface area (Å²) in [6.07, 6.45) is 1.64. The van der Waals surface area contributed by atoms with Gasteiger partial charge >= 0.3 is 0 Å². The molecule has 0 amide bonds. The number of pyridine rings is 1. The summed E-state index contributed by atoms with van der Waals surface area (Å²) in [6.45, 7) is 2.02. The Hall–Kier alpha value is -2.82. The van der Waals surface area contributed by atoms with Crippen molar-refractivity contribution in [1.29, 1.82) is 0 Å². The lowest BCUT2D eigenvalue weighted by Gasteiger charge is -2.05. The number of fused-ring (bicyclic) bond motifs is 4. The highest BCUT2D eigenvalue weighted by molar-refractivity contribution is 6.16. The van der Waals surface area contributed by atoms with Gasteiger partial charge in [0.05, 0.1) is 11.1 Å². The van der Waals surface area contributed by atoms with Crippen molar-refractivity contribution >= 4 is 16.7 Å². The third kappa shape index (κ3) is 1.51. The van der Waals surface area contributed by atoms with Gasteiger partial charge in [0.15, 0.2) is 11.5 Å². The quantitative estimate of drug-likeness (QED) is 0.492. The highest BCUT2D eigenvalue weighted by atomic mass is 16.1. The first kappa shape index (κ1) is 12.0. The second-order valence-electron chi connectivity index (χ2n) is 5.04. The molecule has 0 bridgehead atoms. The average Bonchev–Trinajstić information content (AvgIpc) is 2.80. The van der Waals surface area contributed by atoms with Gasteiger partial charge < -0.3 is 0 Å². The number of benzene rings is 1. The van der Waals surface area contributed by atoms with Gasteiger partial charge in [0.1, 0.15) is 5.71 Å². The number of hydrogen-bond acceptors (Lipinski definition) is 4. The molecule has 4 rings (SSSR count). The van der Waals surface area contributed by atoms with Crippen molar-refractivity contribution in [3.63, 3.8) is 0 Å². The Kier molecular flexibility index (Phi) is 2.33. The molecule has 0 aliphatic carbocycles. The Balaban J connectivity index is 2.21. The molecule has 102 valence electrons. The number of nitrogens with zero attached hydrogens (tertiary/aromatic N) is 4. The third-order valence-electron chi connectivity index (χ3n) is 3.73. The molecule has 2 aromatic heterocycles. The van der Waals surface area contributed by atoms with E-state index in [1.54, 1.807) is 29.9 Å². The lowest BCUT2D eigenvalue weighted by Crippen LogP contribution is -2.22. The molecule has 1 aliphatic heterocycles. The topological polar surface area (TPSA) is 60.1 Å². The van der Waals surface area contributed by atoms with Crippen molar-refractivity contribution in [2.75, 3.05) is 7.05 Å². The Morgan fingerprint density at radius 1 is 1.24 bits per heavy atom. The molecule has 0 saturated heterocycles. The molecule has 5 heteroatoms. The van der Waals surface area contributed by atoms with E-state index in [0.29, 0.717) is 16.9 Å². The van der Waals surface area contributed by atoms with E-state index in [-0.39, 0.29) is 5.56 Å². The molecule has 3 heterocycles. The van der Waals surface area contributed by atoms with Gasteiger partial charge in [0.2, 0.25) is 0 Å². The molecule has 21 heavy (non-hydrogen) atoms. The summed E-state index contributed by atoms with van der Waals surface area (Å²) >= 11 is 0. The maximum absolute atomic E-state index is 12.8. The molecular weight excluding hydrogens is 264 g/mol. The van der Waals surface area contributed by atoms with Gasteiger partial charge in [-0.3, -0.25) is 14.4 Å². The number of aliphatic imine (C=N–C) groups is 1. The van der Waals surface area contributed by atoms with E-state index in [1.807, 2.05) is 25.1 Å². The highest BCUT2D eigenvalue weighted by Crippen LogP contribution is 2.27. The van der Waals surface area contributed by atoms with Gasteiger partial charge in [-0.2, -0.15) is 0 Å². The fraction of sp³-hybridized carbons (Fsp3) is 0.125. The van der Waals surface area contributed by atoms with Crippen LogP contribution in [-0.4, -0.2) is 27.3 Å². The Labute approximate surface area is 120 Å². The van der Waals surface area contributed by atoms with Gasteiger partial charge in [0, 0.05) is 18.8 Å². The van der Waals surface area contributed by atoms with Gasteiger partial charge in [-0.25, -0.2) is 9.97 Å². The predicted molar refractivity (Wildman–Crippen MR) is 81.4 cm³/mol. The largest absolute Gasteiger partial charge is 0.284 e. The van der Waals surface area contributed by atoms with Crippen molar-refractivity contribution in [3.8, 4) is 5.69 Å². The fourth-order valence-electron chi connectivity index (χ4n) is 2.78. The van der Waals surface area contributed by atoms with E-state index < -0.39 is 0 Å². The van der Waals surface area contributed by atoms with Gasteiger partial charge in [-0.05, 0) is 31.2 Å². The zero-order chi connectivity index (χ0) is 14.6. The molecule has 0 spiro atoms. The van der Waals surface area contributed by atoms with Crippen LogP contribution in [0.3, 0.4) is 0 Å².